The van der Waals surface area contributed by atoms with Crippen LogP contribution in [-0.4, -0.2) is 20.6 Å². The van der Waals surface area contributed by atoms with Gasteiger partial charge in [0.05, 0.1) is 18.3 Å². The van der Waals surface area contributed by atoms with Crippen LogP contribution >= 0.6 is 0 Å². The van der Waals surface area contributed by atoms with Gasteiger partial charge in [0.15, 0.2) is 0 Å². The number of nitrogen functional groups attached to an aromatic ring is 1. The van der Waals surface area contributed by atoms with Crippen molar-refractivity contribution in [3.63, 3.8) is 0 Å². The highest BCUT2D eigenvalue weighted by Gasteiger charge is 2.32. The van der Waals surface area contributed by atoms with Crippen molar-refractivity contribution >= 4 is 5.84 Å². The molecule has 0 aliphatic heterocycles. The minimum atomic E-state index is -4.42. The summed E-state index contributed by atoms with van der Waals surface area (Å²) in [4.78, 5) is 3.92. The van der Waals surface area contributed by atoms with Crippen molar-refractivity contribution in [2.24, 2.45) is 5.73 Å². The van der Waals surface area contributed by atoms with Gasteiger partial charge < -0.3 is 5.73 Å². The molecule has 2 aromatic rings. The molecule has 0 saturated heterocycles. The monoisotopic (exact) mass is 269 g/mol. The summed E-state index contributed by atoms with van der Waals surface area (Å²) in [6.07, 6.45) is -1.30. The Morgan fingerprint density at radius 1 is 1.42 bits per heavy atom. The topological polar surface area (TPSA) is 80.6 Å². The van der Waals surface area contributed by atoms with E-state index in [9.17, 15) is 13.2 Å². The molecule has 0 aromatic carbocycles. The van der Waals surface area contributed by atoms with E-state index in [1.54, 1.807) is 12.1 Å². The lowest BCUT2D eigenvalue weighted by atomic mass is 10.2. The maximum Gasteiger partial charge on any atom is 0.419 e. The largest absolute Gasteiger partial charge is 0.419 e. The molecule has 2 aromatic heterocycles. The maximum absolute atomic E-state index is 12.4. The van der Waals surface area contributed by atoms with Crippen LogP contribution in [-0.2, 0) is 12.7 Å². The molecule has 5 nitrogen and oxygen atoms in total. The van der Waals surface area contributed by atoms with Gasteiger partial charge in [0.2, 0.25) is 0 Å². The molecule has 0 fully saturated rings. The molecule has 0 radical (unpaired) electrons. The number of alkyl halides is 3. The number of nitrogens with one attached hydrogen (secondary N) is 1. The van der Waals surface area contributed by atoms with Crippen LogP contribution < -0.4 is 5.73 Å². The number of hydrogen-bond acceptors (Lipinski definition) is 3. The Hall–Kier alpha value is -2.38. The van der Waals surface area contributed by atoms with Gasteiger partial charge in [-0.15, -0.1) is 0 Å². The highest BCUT2D eigenvalue weighted by molar-refractivity contribution is 5.94. The molecule has 100 valence electrons. The molecule has 0 aliphatic carbocycles. The van der Waals surface area contributed by atoms with E-state index in [1.807, 2.05) is 0 Å². The maximum atomic E-state index is 12.4. The number of nitrogens with two attached hydrogens (primary N) is 1. The lowest BCUT2D eigenvalue weighted by Crippen LogP contribution is -2.17. The molecule has 2 rings (SSSR count). The zero-order chi connectivity index (χ0) is 14.0. The lowest BCUT2D eigenvalue weighted by molar-refractivity contribution is -0.137. The van der Waals surface area contributed by atoms with Gasteiger partial charge in [-0.1, -0.05) is 6.07 Å². The summed E-state index contributed by atoms with van der Waals surface area (Å²) in [5.41, 5.74) is 5.31. The number of aromatic nitrogens is 3. The molecule has 0 saturated carbocycles. The molecule has 0 unspecified atom stereocenters. The van der Waals surface area contributed by atoms with Gasteiger partial charge >= 0.3 is 6.18 Å². The minimum absolute atomic E-state index is 0.0683. The van der Waals surface area contributed by atoms with Gasteiger partial charge in [-0.3, -0.25) is 15.1 Å². The number of pyridine rings is 1. The van der Waals surface area contributed by atoms with Crippen LogP contribution in [0.1, 0.15) is 16.8 Å². The summed E-state index contributed by atoms with van der Waals surface area (Å²) in [6, 6.07) is 3.26. The first-order valence-electron chi connectivity index (χ1n) is 5.26. The molecule has 0 atom stereocenters. The van der Waals surface area contributed by atoms with Gasteiger partial charge in [-0.05, 0) is 6.07 Å². The second kappa shape index (κ2) is 4.71. The lowest BCUT2D eigenvalue weighted by Gasteiger charge is -2.07. The number of rotatable bonds is 3. The van der Waals surface area contributed by atoms with E-state index in [2.05, 4.69) is 10.1 Å². The Morgan fingerprint density at radius 3 is 2.74 bits per heavy atom. The molecule has 0 bridgehead atoms. The standard InChI is InChI=1S/C11H10F3N5/c12-11(13,14)8-4-18-19(6-8)5-7-2-1-3-17-9(7)10(15)16/h1-4,6H,5H2,(H3,15,16). The van der Waals surface area contributed by atoms with E-state index in [0.29, 0.717) is 5.56 Å². The normalized spacial score (nSPS) is 11.5. The van der Waals surface area contributed by atoms with Gasteiger partial charge in [0.25, 0.3) is 0 Å². The highest BCUT2D eigenvalue weighted by Crippen LogP contribution is 2.28. The SMILES string of the molecule is N=C(N)c1ncccc1Cn1cc(C(F)(F)F)cn1. The van der Waals surface area contributed by atoms with Gasteiger partial charge in [-0.25, -0.2) is 0 Å². The second-order valence-electron chi connectivity index (χ2n) is 3.85. The molecule has 0 spiro atoms. The van der Waals surface area contributed by atoms with Crippen LogP contribution in [0.5, 0.6) is 0 Å². The van der Waals surface area contributed by atoms with Gasteiger partial charge in [0, 0.05) is 18.0 Å². The van der Waals surface area contributed by atoms with E-state index in [4.69, 9.17) is 11.1 Å². The summed E-state index contributed by atoms with van der Waals surface area (Å²) in [5.74, 6) is -0.237. The molecule has 0 amide bonds. The van der Waals surface area contributed by atoms with Crippen LogP contribution in [0.3, 0.4) is 0 Å². The Bertz CT molecular complexity index is 602. The fourth-order valence-corrected chi connectivity index (χ4v) is 1.58. The van der Waals surface area contributed by atoms with E-state index in [1.165, 1.54) is 6.20 Å². The number of hydrogen-bond donors (Lipinski definition) is 2. The third-order valence-electron chi connectivity index (χ3n) is 2.44. The Balaban J connectivity index is 2.27. The first-order chi connectivity index (χ1) is 8.88. The van der Waals surface area contributed by atoms with Crippen molar-refractivity contribution in [1.29, 1.82) is 5.41 Å². The van der Waals surface area contributed by atoms with Crippen molar-refractivity contribution in [3.05, 3.63) is 47.5 Å². The number of halogens is 3. The zero-order valence-corrected chi connectivity index (χ0v) is 9.65. The Kier molecular flexibility index (Phi) is 3.24. The first-order valence-corrected chi connectivity index (χ1v) is 5.26. The summed E-state index contributed by atoms with van der Waals surface area (Å²) in [6.45, 7) is 0.0683. The number of amidine groups is 1. The van der Waals surface area contributed by atoms with Crippen molar-refractivity contribution in [2.75, 3.05) is 0 Å². The average Bonchev–Trinajstić information content (AvgIpc) is 2.77. The summed E-state index contributed by atoms with van der Waals surface area (Å²) < 4.78 is 38.4. The fourth-order valence-electron chi connectivity index (χ4n) is 1.58. The van der Waals surface area contributed by atoms with Crippen molar-refractivity contribution in [3.8, 4) is 0 Å². The van der Waals surface area contributed by atoms with Gasteiger partial charge in [-0.2, -0.15) is 18.3 Å². The van der Waals surface area contributed by atoms with E-state index in [-0.39, 0.29) is 18.1 Å². The van der Waals surface area contributed by atoms with Crippen LogP contribution in [0.4, 0.5) is 13.2 Å². The summed E-state index contributed by atoms with van der Waals surface area (Å²) in [7, 11) is 0. The van der Waals surface area contributed by atoms with Crippen molar-refractivity contribution in [1.82, 2.24) is 14.8 Å². The Labute approximate surface area is 106 Å². The summed E-state index contributed by atoms with van der Waals surface area (Å²) in [5, 5.41) is 11.0. The third kappa shape index (κ3) is 2.90. The molecule has 19 heavy (non-hydrogen) atoms. The quantitative estimate of drug-likeness (QED) is 0.656. The molecular formula is C11H10F3N5. The van der Waals surface area contributed by atoms with Crippen LogP contribution in [0.2, 0.25) is 0 Å². The van der Waals surface area contributed by atoms with Crippen molar-refractivity contribution in [2.45, 2.75) is 12.7 Å². The van der Waals surface area contributed by atoms with E-state index < -0.39 is 11.7 Å². The second-order valence-corrected chi connectivity index (χ2v) is 3.85. The smallest absolute Gasteiger partial charge is 0.382 e. The highest BCUT2D eigenvalue weighted by atomic mass is 19.4. The molecule has 8 heteroatoms. The predicted molar refractivity (Wildman–Crippen MR) is 61.6 cm³/mol. The minimum Gasteiger partial charge on any atom is -0.382 e. The van der Waals surface area contributed by atoms with Gasteiger partial charge in [0.1, 0.15) is 11.5 Å². The summed E-state index contributed by atoms with van der Waals surface area (Å²) >= 11 is 0. The average molecular weight is 269 g/mol. The van der Waals surface area contributed by atoms with Crippen LogP contribution in [0, 0.1) is 5.41 Å². The zero-order valence-electron chi connectivity index (χ0n) is 9.65. The van der Waals surface area contributed by atoms with Crippen LogP contribution in [0.15, 0.2) is 30.7 Å². The predicted octanol–water partition coefficient (Wildman–Crippen LogP) is 1.63. The third-order valence-corrected chi connectivity index (χ3v) is 2.44. The van der Waals surface area contributed by atoms with Crippen molar-refractivity contribution < 1.29 is 13.2 Å². The number of nitrogens with zero attached hydrogens (tertiary/aromatic N) is 3. The molecular weight excluding hydrogens is 259 g/mol. The van der Waals surface area contributed by atoms with E-state index >= 15 is 0 Å². The molecule has 0 aliphatic rings. The molecule has 2 heterocycles. The first kappa shape index (κ1) is 13.1. The van der Waals surface area contributed by atoms with Crippen LogP contribution in [0.25, 0.3) is 0 Å². The fraction of sp³-hybridized carbons (Fsp3) is 0.182. The van der Waals surface area contributed by atoms with E-state index in [0.717, 1.165) is 17.1 Å². The molecule has 3 N–H and O–H groups in total. The Morgan fingerprint density at radius 2 is 2.16 bits per heavy atom.